The molecule has 118 valence electrons. The Bertz CT molecular complexity index is 730. The number of aromatic amines is 1. The van der Waals surface area contributed by atoms with E-state index in [1.54, 1.807) is 0 Å². The number of H-pyrrole nitrogens is 1. The number of benzene rings is 1. The highest BCUT2D eigenvalue weighted by Gasteiger charge is 2.16. The van der Waals surface area contributed by atoms with Crippen LogP contribution in [0.15, 0.2) is 23.0 Å². The number of aromatic nitrogens is 1. The first-order valence-corrected chi connectivity index (χ1v) is 7.69. The fourth-order valence-corrected chi connectivity index (χ4v) is 2.89. The van der Waals surface area contributed by atoms with E-state index >= 15 is 0 Å². The molecule has 0 bridgehead atoms. The van der Waals surface area contributed by atoms with Gasteiger partial charge in [-0.1, -0.05) is 0 Å². The van der Waals surface area contributed by atoms with Gasteiger partial charge in [0.05, 0.1) is 13.2 Å². The lowest BCUT2D eigenvalue weighted by Crippen LogP contribution is -2.37. The van der Waals surface area contributed by atoms with Gasteiger partial charge in [-0.3, -0.25) is 9.69 Å². The minimum absolute atomic E-state index is 0.140. The maximum Gasteiger partial charge on any atom is 0.194 e. The number of hydrogen-bond donors (Lipinski definition) is 1. The summed E-state index contributed by atoms with van der Waals surface area (Å²) < 4.78 is 5.38. The Hall–Kier alpha value is -1.85. The Balaban J connectivity index is 2.03. The predicted octanol–water partition coefficient (Wildman–Crippen LogP) is 1.73. The number of hydrogen-bond acceptors (Lipinski definition) is 4. The molecular formula is C17H23N3O2. The average Bonchev–Trinajstić information content (AvgIpc) is 2.52. The number of morpholine rings is 1. The van der Waals surface area contributed by atoms with E-state index in [4.69, 9.17) is 4.74 Å². The minimum atomic E-state index is 0.140. The Morgan fingerprint density at radius 3 is 2.68 bits per heavy atom. The predicted molar refractivity (Wildman–Crippen MR) is 89.7 cm³/mol. The summed E-state index contributed by atoms with van der Waals surface area (Å²) in [6.07, 6.45) is 0. The Kier molecular flexibility index (Phi) is 4.18. The van der Waals surface area contributed by atoms with E-state index in [0.717, 1.165) is 54.2 Å². The molecule has 2 heterocycles. The SMILES string of the molecule is Cc1[nH]c2ccc(N(C)C)cc2c(=O)c1CN1CCOCC1. The summed E-state index contributed by atoms with van der Waals surface area (Å²) in [5.74, 6) is 0. The van der Waals surface area contributed by atoms with Crippen molar-refractivity contribution in [3.63, 3.8) is 0 Å². The van der Waals surface area contributed by atoms with E-state index in [9.17, 15) is 4.79 Å². The molecule has 0 atom stereocenters. The summed E-state index contributed by atoms with van der Waals surface area (Å²) in [6, 6.07) is 5.98. The largest absolute Gasteiger partial charge is 0.379 e. The molecule has 1 aliphatic heterocycles. The van der Waals surface area contributed by atoms with E-state index in [0.29, 0.717) is 6.54 Å². The number of aryl methyl sites for hydroxylation is 1. The van der Waals surface area contributed by atoms with Crippen LogP contribution in [0.2, 0.25) is 0 Å². The maximum absolute atomic E-state index is 12.9. The number of nitrogens with one attached hydrogen (secondary N) is 1. The summed E-state index contributed by atoms with van der Waals surface area (Å²) in [4.78, 5) is 20.6. The summed E-state index contributed by atoms with van der Waals surface area (Å²) in [7, 11) is 3.97. The maximum atomic E-state index is 12.9. The monoisotopic (exact) mass is 301 g/mol. The van der Waals surface area contributed by atoms with Crippen LogP contribution >= 0.6 is 0 Å². The van der Waals surface area contributed by atoms with E-state index in [1.165, 1.54) is 0 Å². The van der Waals surface area contributed by atoms with Gasteiger partial charge in [-0.2, -0.15) is 0 Å². The lowest BCUT2D eigenvalue weighted by atomic mass is 10.1. The molecule has 1 N–H and O–H groups in total. The fourth-order valence-electron chi connectivity index (χ4n) is 2.89. The van der Waals surface area contributed by atoms with Gasteiger partial charge >= 0.3 is 0 Å². The van der Waals surface area contributed by atoms with Crippen molar-refractivity contribution in [3.8, 4) is 0 Å². The molecule has 0 radical (unpaired) electrons. The molecule has 22 heavy (non-hydrogen) atoms. The molecule has 1 aromatic carbocycles. The lowest BCUT2D eigenvalue weighted by molar-refractivity contribution is 0.0339. The molecule has 1 saturated heterocycles. The Labute approximate surface area is 130 Å². The third-order valence-corrected chi connectivity index (χ3v) is 4.30. The molecule has 5 heteroatoms. The van der Waals surface area contributed by atoms with Gasteiger partial charge in [-0.15, -0.1) is 0 Å². The van der Waals surface area contributed by atoms with Crippen molar-refractivity contribution >= 4 is 16.6 Å². The number of pyridine rings is 1. The van der Waals surface area contributed by atoms with Crippen LogP contribution < -0.4 is 10.3 Å². The molecule has 3 rings (SSSR count). The highest BCUT2D eigenvalue weighted by atomic mass is 16.5. The lowest BCUT2D eigenvalue weighted by Gasteiger charge is -2.27. The van der Waals surface area contributed by atoms with Gasteiger partial charge in [0, 0.05) is 61.6 Å². The van der Waals surface area contributed by atoms with Gasteiger partial charge in [0.2, 0.25) is 0 Å². The van der Waals surface area contributed by atoms with E-state index in [2.05, 4.69) is 9.88 Å². The van der Waals surface area contributed by atoms with Crippen molar-refractivity contribution in [2.45, 2.75) is 13.5 Å². The van der Waals surface area contributed by atoms with Gasteiger partial charge in [0.25, 0.3) is 0 Å². The first-order valence-electron chi connectivity index (χ1n) is 7.69. The highest BCUT2D eigenvalue weighted by Crippen LogP contribution is 2.19. The first-order chi connectivity index (χ1) is 10.6. The molecular weight excluding hydrogens is 278 g/mol. The third-order valence-electron chi connectivity index (χ3n) is 4.30. The highest BCUT2D eigenvalue weighted by molar-refractivity contribution is 5.83. The zero-order chi connectivity index (χ0) is 15.7. The van der Waals surface area contributed by atoms with Crippen molar-refractivity contribution in [2.24, 2.45) is 0 Å². The Morgan fingerprint density at radius 1 is 1.27 bits per heavy atom. The standard InChI is InChI=1S/C17H23N3O2/c1-12-15(11-20-6-8-22-9-7-20)17(21)14-10-13(19(2)3)4-5-16(14)18-12/h4-5,10H,6-9,11H2,1-3H3,(H,18,21). The van der Waals surface area contributed by atoms with Gasteiger partial charge < -0.3 is 14.6 Å². The zero-order valence-electron chi connectivity index (χ0n) is 13.5. The third kappa shape index (κ3) is 2.87. The average molecular weight is 301 g/mol. The van der Waals surface area contributed by atoms with Gasteiger partial charge in [0.1, 0.15) is 0 Å². The second-order valence-corrected chi connectivity index (χ2v) is 6.07. The van der Waals surface area contributed by atoms with Crippen LogP contribution in [0.5, 0.6) is 0 Å². The summed E-state index contributed by atoms with van der Waals surface area (Å²) >= 11 is 0. The zero-order valence-corrected chi connectivity index (χ0v) is 13.5. The van der Waals surface area contributed by atoms with Gasteiger partial charge in [-0.05, 0) is 25.1 Å². The first kappa shape index (κ1) is 15.1. The Morgan fingerprint density at radius 2 is 2.00 bits per heavy atom. The summed E-state index contributed by atoms with van der Waals surface area (Å²) in [5.41, 5.74) is 3.91. The topological polar surface area (TPSA) is 48.6 Å². The van der Waals surface area contributed by atoms with Crippen molar-refractivity contribution in [3.05, 3.63) is 39.7 Å². The van der Waals surface area contributed by atoms with Crippen molar-refractivity contribution in [1.82, 2.24) is 9.88 Å². The van der Waals surface area contributed by atoms with Crippen LogP contribution in [0.1, 0.15) is 11.3 Å². The van der Waals surface area contributed by atoms with Crippen LogP contribution in [0.25, 0.3) is 10.9 Å². The molecule has 0 spiro atoms. The van der Waals surface area contributed by atoms with Crippen molar-refractivity contribution in [2.75, 3.05) is 45.3 Å². The summed E-state index contributed by atoms with van der Waals surface area (Å²) in [5, 5.41) is 0.764. The van der Waals surface area contributed by atoms with Gasteiger partial charge in [0.15, 0.2) is 5.43 Å². The molecule has 0 amide bonds. The van der Waals surface area contributed by atoms with Crippen LogP contribution in [-0.2, 0) is 11.3 Å². The smallest absolute Gasteiger partial charge is 0.194 e. The number of ether oxygens (including phenoxy) is 1. The number of fused-ring (bicyclic) bond motifs is 1. The fraction of sp³-hybridized carbons (Fsp3) is 0.471. The van der Waals surface area contributed by atoms with E-state index in [1.807, 2.05) is 44.1 Å². The molecule has 0 unspecified atom stereocenters. The molecule has 1 aliphatic rings. The molecule has 5 nitrogen and oxygen atoms in total. The molecule has 0 saturated carbocycles. The quantitative estimate of drug-likeness (QED) is 0.938. The van der Waals surface area contributed by atoms with E-state index < -0.39 is 0 Å². The van der Waals surface area contributed by atoms with Crippen LogP contribution in [0.3, 0.4) is 0 Å². The molecule has 0 aliphatic carbocycles. The van der Waals surface area contributed by atoms with Crippen molar-refractivity contribution in [1.29, 1.82) is 0 Å². The number of anilines is 1. The number of nitrogens with zero attached hydrogens (tertiary/aromatic N) is 2. The van der Waals surface area contributed by atoms with Gasteiger partial charge in [-0.25, -0.2) is 0 Å². The molecule has 1 fully saturated rings. The minimum Gasteiger partial charge on any atom is -0.379 e. The van der Waals surface area contributed by atoms with Crippen LogP contribution in [0.4, 0.5) is 5.69 Å². The normalized spacial score (nSPS) is 16.1. The molecule has 2 aromatic rings. The summed E-state index contributed by atoms with van der Waals surface area (Å²) in [6.45, 7) is 5.93. The van der Waals surface area contributed by atoms with E-state index in [-0.39, 0.29) is 5.43 Å². The second kappa shape index (κ2) is 6.10. The van der Waals surface area contributed by atoms with Crippen molar-refractivity contribution < 1.29 is 4.74 Å². The second-order valence-electron chi connectivity index (χ2n) is 6.07. The molecule has 1 aromatic heterocycles. The van der Waals surface area contributed by atoms with Crippen LogP contribution in [0, 0.1) is 6.92 Å². The number of rotatable bonds is 3. The van der Waals surface area contributed by atoms with Crippen LogP contribution in [-0.4, -0.2) is 50.3 Å².